The molecule has 0 amide bonds. The summed E-state index contributed by atoms with van der Waals surface area (Å²) >= 11 is 14.5. The van der Waals surface area contributed by atoms with Crippen molar-refractivity contribution in [1.82, 2.24) is 4.90 Å². The zero-order chi connectivity index (χ0) is 16.9. The van der Waals surface area contributed by atoms with E-state index in [-0.39, 0.29) is 5.78 Å². The topological polar surface area (TPSA) is 20.3 Å². The Balaban J connectivity index is 2.39. The zero-order valence-electron chi connectivity index (χ0n) is 12.3. The summed E-state index contributed by atoms with van der Waals surface area (Å²) in [5, 5.41) is 0. The number of ketones is 1. The number of rotatable bonds is 1. The Morgan fingerprint density at radius 3 is 1.87 bits per heavy atom. The van der Waals surface area contributed by atoms with Crippen LogP contribution in [0.5, 0.6) is 0 Å². The first-order valence-electron chi connectivity index (χ1n) is 6.73. The highest BCUT2D eigenvalue weighted by Crippen LogP contribution is 2.51. The Labute approximate surface area is 168 Å². The zero-order valence-corrected chi connectivity index (χ0v) is 18.6. The van der Waals surface area contributed by atoms with Crippen molar-refractivity contribution in [2.75, 3.05) is 14.1 Å². The Kier molecular flexibility index (Phi) is 4.89. The highest BCUT2D eigenvalue weighted by Gasteiger charge is 2.31. The maximum atomic E-state index is 12.7. The molecule has 0 radical (unpaired) electrons. The van der Waals surface area contributed by atoms with Crippen LogP contribution in [0.2, 0.25) is 0 Å². The lowest BCUT2D eigenvalue weighted by atomic mass is 9.87. The van der Waals surface area contributed by atoms with Gasteiger partial charge in [0.05, 0.1) is 5.70 Å². The predicted octanol–water partition coefficient (Wildman–Crippen LogP) is 6.10. The summed E-state index contributed by atoms with van der Waals surface area (Å²) in [6, 6.07) is 7.71. The number of likely N-dealkylation sites (N-methyl/N-ethyl adjacent to an activating group) is 1. The molecule has 0 saturated heterocycles. The SMILES string of the molecule is CN(C)C1=CC(=C2C(Br)=C(Br)C(Br)=C2Br)c2ccccc2C1=O. The van der Waals surface area contributed by atoms with Crippen molar-refractivity contribution in [1.29, 1.82) is 0 Å². The van der Waals surface area contributed by atoms with Crippen molar-refractivity contribution < 1.29 is 4.79 Å². The fraction of sp³-hybridized carbons (Fsp3) is 0.118. The van der Waals surface area contributed by atoms with Crippen molar-refractivity contribution in [3.8, 4) is 0 Å². The van der Waals surface area contributed by atoms with Crippen molar-refractivity contribution in [2.45, 2.75) is 0 Å². The van der Waals surface area contributed by atoms with Gasteiger partial charge in [0.1, 0.15) is 0 Å². The van der Waals surface area contributed by atoms with Gasteiger partial charge in [-0.05, 0) is 80.9 Å². The monoisotopic (exact) mass is 561 g/mol. The second-order valence-electron chi connectivity index (χ2n) is 5.34. The summed E-state index contributed by atoms with van der Waals surface area (Å²) in [5.41, 5.74) is 4.36. The molecule has 1 aromatic carbocycles. The first-order valence-corrected chi connectivity index (χ1v) is 9.90. The van der Waals surface area contributed by atoms with Crippen LogP contribution in [0.3, 0.4) is 0 Å². The van der Waals surface area contributed by atoms with Gasteiger partial charge in [0.15, 0.2) is 0 Å². The Hall–Kier alpha value is -0.430. The summed E-state index contributed by atoms with van der Waals surface area (Å²) in [5.74, 6) is 0.0475. The maximum absolute atomic E-state index is 12.7. The molecule has 23 heavy (non-hydrogen) atoms. The Morgan fingerprint density at radius 2 is 1.35 bits per heavy atom. The molecule has 118 valence electrons. The highest BCUT2D eigenvalue weighted by atomic mass is 79.9. The van der Waals surface area contributed by atoms with Crippen LogP contribution in [0.1, 0.15) is 15.9 Å². The summed E-state index contributed by atoms with van der Waals surface area (Å²) in [7, 11) is 3.77. The van der Waals surface area contributed by atoms with E-state index in [2.05, 4.69) is 63.7 Å². The van der Waals surface area contributed by atoms with Crippen LogP contribution in [0.15, 0.2) is 59.5 Å². The first-order chi connectivity index (χ1) is 10.8. The van der Waals surface area contributed by atoms with E-state index in [1.165, 1.54) is 0 Å². The fourth-order valence-electron chi connectivity index (χ4n) is 2.62. The van der Waals surface area contributed by atoms with Crippen LogP contribution in [0, 0.1) is 0 Å². The van der Waals surface area contributed by atoms with E-state index in [0.29, 0.717) is 5.70 Å². The standard InChI is InChI=1S/C17H11Br4NO/c1-22(2)11-7-10(8-5-3-4-6-9(8)17(11)23)12-13(18)15(20)16(21)14(12)19/h3-7H,1-2H3. The lowest BCUT2D eigenvalue weighted by molar-refractivity contribution is 0.100. The third kappa shape index (κ3) is 2.77. The number of hydrogen-bond acceptors (Lipinski definition) is 2. The van der Waals surface area contributed by atoms with Crippen LogP contribution < -0.4 is 0 Å². The molecule has 0 atom stereocenters. The molecule has 0 N–H and O–H groups in total. The fourth-order valence-corrected chi connectivity index (χ4v) is 5.43. The molecule has 2 aliphatic carbocycles. The number of halogens is 4. The van der Waals surface area contributed by atoms with Gasteiger partial charge in [-0.15, -0.1) is 0 Å². The van der Waals surface area contributed by atoms with Crippen molar-refractivity contribution in [3.05, 3.63) is 70.7 Å². The lowest BCUT2D eigenvalue weighted by Crippen LogP contribution is -2.23. The summed E-state index contributed by atoms with van der Waals surface area (Å²) < 4.78 is 3.79. The van der Waals surface area contributed by atoms with Crippen LogP contribution in [0.25, 0.3) is 5.57 Å². The van der Waals surface area contributed by atoms with E-state index in [1.807, 2.05) is 49.3 Å². The molecule has 3 rings (SSSR count). The molecule has 0 aliphatic heterocycles. The average Bonchev–Trinajstić information content (AvgIpc) is 2.72. The number of hydrogen-bond donors (Lipinski definition) is 0. The number of nitrogens with zero attached hydrogens (tertiary/aromatic N) is 1. The van der Waals surface area contributed by atoms with Crippen LogP contribution >= 0.6 is 63.7 Å². The molecule has 0 saturated carbocycles. The first kappa shape index (κ1) is 17.4. The van der Waals surface area contributed by atoms with Gasteiger partial charge in [0.2, 0.25) is 5.78 Å². The van der Waals surface area contributed by atoms with E-state index in [4.69, 9.17) is 0 Å². The molecule has 0 unspecified atom stereocenters. The summed E-state index contributed by atoms with van der Waals surface area (Å²) in [6.07, 6.45) is 1.95. The van der Waals surface area contributed by atoms with E-state index < -0.39 is 0 Å². The quantitative estimate of drug-likeness (QED) is 0.411. The molecule has 0 spiro atoms. The van der Waals surface area contributed by atoms with Gasteiger partial charge < -0.3 is 4.90 Å². The van der Waals surface area contributed by atoms with Gasteiger partial charge in [-0.25, -0.2) is 0 Å². The second-order valence-corrected chi connectivity index (χ2v) is 8.52. The molecule has 6 heteroatoms. The van der Waals surface area contributed by atoms with Gasteiger partial charge in [-0.1, -0.05) is 24.3 Å². The van der Waals surface area contributed by atoms with Gasteiger partial charge >= 0.3 is 0 Å². The third-order valence-corrected chi connectivity index (χ3v) is 8.51. The third-order valence-electron chi connectivity index (χ3n) is 3.74. The van der Waals surface area contributed by atoms with E-state index in [9.17, 15) is 4.79 Å². The van der Waals surface area contributed by atoms with Gasteiger partial charge in [0, 0.05) is 43.2 Å². The smallest absolute Gasteiger partial charge is 0.209 e. The van der Waals surface area contributed by atoms with Crippen molar-refractivity contribution in [2.24, 2.45) is 0 Å². The average molecular weight is 565 g/mol. The molecule has 0 fully saturated rings. The molecule has 0 heterocycles. The van der Waals surface area contributed by atoms with Gasteiger partial charge in [0.25, 0.3) is 0 Å². The van der Waals surface area contributed by atoms with E-state index >= 15 is 0 Å². The molecule has 0 bridgehead atoms. The van der Waals surface area contributed by atoms with Crippen molar-refractivity contribution >= 4 is 75.1 Å². The van der Waals surface area contributed by atoms with Gasteiger partial charge in [-0.3, -0.25) is 4.79 Å². The summed E-state index contributed by atoms with van der Waals surface area (Å²) in [6.45, 7) is 0. The Bertz CT molecular complexity index is 833. The number of carbonyl (C=O) groups excluding carboxylic acids is 1. The van der Waals surface area contributed by atoms with E-state index in [0.717, 1.165) is 40.2 Å². The second kappa shape index (κ2) is 6.47. The minimum Gasteiger partial charge on any atom is -0.374 e. The van der Waals surface area contributed by atoms with E-state index in [1.54, 1.807) is 0 Å². The van der Waals surface area contributed by atoms with Crippen LogP contribution in [0.4, 0.5) is 0 Å². The largest absolute Gasteiger partial charge is 0.374 e. The number of carbonyl (C=O) groups is 1. The highest BCUT2D eigenvalue weighted by molar-refractivity contribution is 9.17. The number of fused-ring (bicyclic) bond motifs is 1. The maximum Gasteiger partial charge on any atom is 0.209 e. The Morgan fingerprint density at radius 1 is 0.826 bits per heavy atom. The minimum absolute atomic E-state index is 0.0475. The molecule has 1 aromatic rings. The molecular weight excluding hydrogens is 554 g/mol. The van der Waals surface area contributed by atoms with Crippen molar-refractivity contribution in [3.63, 3.8) is 0 Å². The van der Waals surface area contributed by atoms with Crippen LogP contribution in [-0.4, -0.2) is 24.8 Å². The minimum atomic E-state index is 0.0475. The molecule has 2 aliphatic rings. The number of Topliss-reactive ketones (excluding diaryl/α,β-unsaturated/α-hetero) is 1. The number of benzene rings is 1. The van der Waals surface area contributed by atoms with Gasteiger partial charge in [-0.2, -0.15) is 0 Å². The molecular formula is C17H11Br4NO. The molecule has 0 aromatic heterocycles. The summed E-state index contributed by atoms with van der Waals surface area (Å²) in [4.78, 5) is 14.6. The predicted molar refractivity (Wildman–Crippen MR) is 109 cm³/mol. The lowest BCUT2D eigenvalue weighted by Gasteiger charge is -2.24. The van der Waals surface area contributed by atoms with Crippen LogP contribution in [-0.2, 0) is 0 Å². The normalized spacial score (nSPS) is 17.8. The molecule has 2 nitrogen and oxygen atoms in total. The number of allylic oxidation sites excluding steroid dienone is 8.